The Kier molecular flexibility index (Phi) is 4.99. The minimum atomic E-state index is 0.415. The molecule has 1 saturated carbocycles. The molecule has 0 amide bonds. The second-order valence-electron chi connectivity index (χ2n) is 5.67. The molecular formula is C15H23ClN2. The van der Waals surface area contributed by atoms with Gasteiger partial charge in [0.05, 0.1) is 0 Å². The van der Waals surface area contributed by atoms with E-state index in [9.17, 15) is 0 Å². The molecule has 0 spiro atoms. The van der Waals surface area contributed by atoms with Crippen LogP contribution in [0, 0.1) is 0 Å². The van der Waals surface area contributed by atoms with E-state index in [0.717, 1.165) is 11.5 Å². The summed E-state index contributed by atoms with van der Waals surface area (Å²) in [7, 11) is 0. The summed E-state index contributed by atoms with van der Waals surface area (Å²) in [5.74, 6) is 1.91. The molecule has 1 heterocycles. The normalized spacial score (nSPS) is 18.7. The molecule has 100 valence electrons. The first-order valence-corrected chi connectivity index (χ1v) is 7.59. The Balaban J connectivity index is 2.19. The molecule has 0 unspecified atom stereocenters. The van der Waals surface area contributed by atoms with Crippen molar-refractivity contribution in [2.24, 2.45) is 0 Å². The molecule has 0 atom stereocenters. The first-order chi connectivity index (χ1) is 8.66. The van der Waals surface area contributed by atoms with Crippen LogP contribution in [0.2, 0.25) is 5.15 Å². The van der Waals surface area contributed by atoms with Gasteiger partial charge in [-0.2, -0.15) is 0 Å². The van der Waals surface area contributed by atoms with Gasteiger partial charge in [-0.1, -0.05) is 57.6 Å². The Morgan fingerprint density at radius 3 is 2.28 bits per heavy atom. The molecule has 2 nitrogen and oxygen atoms in total. The molecule has 1 fully saturated rings. The van der Waals surface area contributed by atoms with Gasteiger partial charge in [0.25, 0.3) is 0 Å². The van der Waals surface area contributed by atoms with E-state index in [-0.39, 0.29) is 0 Å². The van der Waals surface area contributed by atoms with Crippen LogP contribution in [0.3, 0.4) is 0 Å². The predicted octanol–water partition coefficient (Wildman–Crippen LogP) is 5.08. The molecule has 0 saturated heterocycles. The van der Waals surface area contributed by atoms with Gasteiger partial charge in [0, 0.05) is 11.6 Å². The van der Waals surface area contributed by atoms with E-state index in [1.54, 1.807) is 0 Å². The van der Waals surface area contributed by atoms with Crippen molar-refractivity contribution in [2.45, 2.75) is 70.6 Å². The van der Waals surface area contributed by atoms with Crippen molar-refractivity contribution in [3.8, 4) is 0 Å². The van der Waals surface area contributed by atoms with Crippen molar-refractivity contribution in [1.29, 1.82) is 0 Å². The highest BCUT2D eigenvalue weighted by atomic mass is 35.5. The third-order valence-electron chi connectivity index (χ3n) is 3.79. The summed E-state index contributed by atoms with van der Waals surface area (Å²) in [6, 6.07) is 1.90. The fourth-order valence-corrected chi connectivity index (χ4v) is 2.84. The lowest BCUT2D eigenvalue weighted by Crippen LogP contribution is -2.09. The maximum atomic E-state index is 6.14. The SMILES string of the molecule is CC(C)c1cc(Cl)nc(C2CCCCCCC2)n1. The lowest BCUT2D eigenvalue weighted by Gasteiger charge is -2.19. The predicted molar refractivity (Wildman–Crippen MR) is 76.2 cm³/mol. The smallest absolute Gasteiger partial charge is 0.133 e. The van der Waals surface area contributed by atoms with Gasteiger partial charge in [-0.05, 0) is 24.8 Å². The van der Waals surface area contributed by atoms with Crippen molar-refractivity contribution < 1.29 is 0 Å². The third kappa shape index (κ3) is 3.68. The molecule has 0 bridgehead atoms. The average molecular weight is 267 g/mol. The highest BCUT2D eigenvalue weighted by molar-refractivity contribution is 6.29. The van der Waals surface area contributed by atoms with E-state index in [2.05, 4.69) is 18.8 Å². The zero-order valence-electron chi connectivity index (χ0n) is 11.5. The van der Waals surface area contributed by atoms with E-state index in [1.165, 1.54) is 44.9 Å². The topological polar surface area (TPSA) is 25.8 Å². The van der Waals surface area contributed by atoms with Gasteiger partial charge in [0.2, 0.25) is 0 Å². The summed E-state index contributed by atoms with van der Waals surface area (Å²) in [5, 5.41) is 0.603. The number of hydrogen-bond donors (Lipinski definition) is 0. The van der Waals surface area contributed by atoms with Gasteiger partial charge in [-0.15, -0.1) is 0 Å². The summed E-state index contributed by atoms with van der Waals surface area (Å²) < 4.78 is 0. The van der Waals surface area contributed by atoms with Gasteiger partial charge in [-0.3, -0.25) is 0 Å². The number of hydrogen-bond acceptors (Lipinski definition) is 2. The van der Waals surface area contributed by atoms with Crippen LogP contribution in [0.5, 0.6) is 0 Å². The minimum absolute atomic E-state index is 0.415. The van der Waals surface area contributed by atoms with Crippen LogP contribution in [0.1, 0.15) is 82.1 Å². The zero-order valence-corrected chi connectivity index (χ0v) is 12.2. The summed E-state index contributed by atoms with van der Waals surface area (Å²) in [5.41, 5.74) is 1.08. The minimum Gasteiger partial charge on any atom is -0.237 e. The Bertz CT molecular complexity index is 382. The number of rotatable bonds is 2. The van der Waals surface area contributed by atoms with E-state index >= 15 is 0 Å². The summed E-state index contributed by atoms with van der Waals surface area (Å²) in [4.78, 5) is 9.20. The van der Waals surface area contributed by atoms with Crippen molar-refractivity contribution in [1.82, 2.24) is 9.97 Å². The van der Waals surface area contributed by atoms with Gasteiger partial charge in [-0.25, -0.2) is 9.97 Å². The summed E-state index contributed by atoms with van der Waals surface area (Å²) >= 11 is 6.14. The van der Waals surface area contributed by atoms with Gasteiger partial charge < -0.3 is 0 Å². The van der Waals surface area contributed by atoms with E-state index in [4.69, 9.17) is 16.6 Å². The number of halogens is 1. The van der Waals surface area contributed by atoms with Crippen LogP contribution in [-0.2, 0) is 0 Å². The van der Waals surface area contributed by atoms with Gasteiger partial charge in [0.1, 0.15) is 11.0 Å². The molecule has 1 aliphatic carbocycles. The van der Waals surface area contributed by atoms with Crippen LogP contribution in [-0.4, -0.2) is 9.97 Å². The van der Waals surface area contributed by atoms with Crippen LogP contribution >= 0.6 is 11.6 Å². The maximum Gasteiger partial charge on any atom is 0.133 e. The average Bonchev–Trinajstić information content (AvgIpc) is 2.27. The molecule has 1 aromatic rings. The first-order valence-electron chi connectivity index (χ1n) is 7.21. The van der Waals surface area contributed by atoms with E-state index < -0.39 is 0 Å². The van der Waals surface area contributed by atoms with Crippen LogP contribution in [0.4, 0.5) is 0 Å². The molecule has 2 rings (SSSR count). The van der Waals surface area contributed by atoms with Crippen LogP contribution in [0.15, 0.2) is 6.07 Å². The van der Waals surface area contributed by atoms with Crippen molar-refractivity contribution >= 4 is 11.6 Å². The monoisotopic (exact) mass is 266 g/mol. The molecule has 0 aromatic carbocycles. The van der Waals surface area contributed by atoms with Gasteiger partial charge >= 0.3 is 0 Å². The fraction of sp³-hybridized carbons (Fsp3) is 0.733. The highest BCUT2D eigenvalue weighted by Crippen LogP contribution is 2.30. The van der Waals surface area contributed by atoms with Crippen molar-refractivity contribution in [3.63, 3.8) is 0 Å². The van der Waals surface area contributed by atoms with Crippen molar-refractivity contribution in [2.75, 3.05) is 0 Å². The second-order valence-corrected chi connectivity index (χ2v) is 6.06. The standard InChI is InChI=1S/C15H23ClN2/c1-11(2)13-10-14(16)18-15(17-13)12-8-6-4-3-5-7-9-12/h10-12H,3-9H2,1-2H3. The van der Waals surface area contributed by atoms with Crippen LogP contribution in [0.25, 0.3) is 0 Å². The third-order valence-corrected chi connectivity index (χ3v) is 3.99. The molecule has 0 aliphatic heterocycles. The van der Waals surface area contributed by atoms with E-state index in [0.29, 0.717) is 17.0 Å². The number of nitrogens with zero attached hydrogens (tertiary/aromatic N) is 2. The lowest BCUT2D eigenvalue weighted by atomic mass is 9.90. The van der Waals surface area contributed by atoms with Crippen molar-refractivity contribution in [3.05, 3.63) is 22.7 Å². The molecular weight excluding hydrogens is 244 g/mol. The summed E-state index contributed by atoms with van der Waals surface area (Å²) in [6.45, 7) is 4.31. The Labute approximate surface area is 115 Å². The molecule has 0 N–H and O–H groups in total. The summed E-state index contributed by atoms with van der Waals surface area (Å²) in [6.07, 6.45) is 9.15. The molecule has 3 heteroatoms. The Morgan fingerprint density at radius 1 is 1.06 bits per heavy atom. The Morgan fingerprint density at radius 2 is 1.67 bits per heavy atom. The molecule has 18 heavy (non-hydrogen) atoms. The maximum absolute atomic E-state index is 6.14. The molecule has 0 radical (unpaired) electrons. The number of aromatic nitrogens is 2. The molecule has 1 aliphatic rings. The second kappa shape index (κ2) is 6.51. The van der Waals surface area contributed by atoms with Crippen LogP contribution < -0.4 is 0 Å². The first kappa shape index (κ1) is 13.8. The highest BCUT2D eigenvalue weighted by Gasteiger charge is 2.18. The zero-order chi connectivity index (χ0) is 13.0. The van der Waals surface area contributed by atoms with E-state index in [1.807, 2.05) is 6.07 Å². The fourth-order valence-electron chi connectivity index (χ4n) is 2.65. The lowest BCUT2D eigenvalue weighted by molar-refractivity contribution is 0.441. The largest absolute Gasteiger partial charge is 0.237 e. The Hall–Kier alpha value is -0.630. The van der Waals surface area contributed by atoms with Gasteiger partial charge in [0.15, 0.2) is 0 Å². The quantitative estimate of drug-likeness (QED) is 0.698. The molecule has 1 aromatic heterocycles.